The molecule has 3 rings (SSSR count). The fourth-order valence-corrected chi connectivity index (χ4v) is 3.18. The molecule has 2 aliphatic rings. The Labute approximate surface area is 111 Å². The monoisotopic (exact) mass is 283 g/mol. The van der Waals surface area contributed by atoms with Crippen LogP contribution < -0.4 is 10.0 Å². The van der Waals surface area contributed by atoms with E-state index in [1.165, 1.54) is 12.1 Å². The summed E-state index contributed by atoms with van der Waals surface area (Å²) in [6.45, 7) is 4.14. The van der Waals surface area contributed by atoms with Gasteiger partial charge in [0.25, 0.3) is 10.0 Å². The highest BCUT2D eigenvalue weighted by Crippen LogP contribution is 2.47. The second-order valence-corrected chi connectivity index (χ2v) is 7.21. The second-order valence-electron chi connectivity index (χ2n) is 5.56. The minimum atomic E-state index is -3.75. The number of sulfonamides is 1. The standard InChI is InChI=1S/C12H14FN3O2S/c1-12(2)6-10(12)15-11-14-8-4-3-7(13)5-9(8)19(17,18)16-11/h3-5,10H,6H2,1-2H3,(H2,14,15,16). The third-order valence-corrected chi connectivity index (χ3v) is 4.84. The molecule has 7 heteroatoms. The molecule has 0 aromatic heterocycles. The lowest BCUT2D eigenvalue weighted by Gasteiger charge is -2.21. The van der Waals surface area contributed by atoms with Crippen LogP contribution in [0.25, 0.3) is 0 Å². The Bertz CT molecular complexity index is 682. The van der Waals surface area contributed by atoms with Gasteiger partial charge in [0.1, 0.15) is 10.7 Å². The maximum absolute atomic E-state index is 13.1. The molecule has 1 aliphatic heterocycles. The second kappa shape index (κ2) is 3.69. The largest absolute Gasteiger partial charge is 0.324 e. The van der Waals surface area contributed by atoms with E-state index in [1.807, 2.05) is 0 Å². The van der Waals surface area contributed by atoms with Gasteiger partial charge in [0, 0.05) is 0 Å². The molecule has 5 nitrogen and oxygen atoms in total. The Morgan fingerprint density at radius 3 is 2.74 bits per heavy atom. The van der Waals surface area contributed by atoms with Gasteiger partial charge in [-0.1, -0.05) is 13.8 Å². The number of anilines is 1. The van der Waals surface area contributed by atoms with Crippen LogP contribution in [0, 0.1) is 11.2 Å². The van der Waals surface area contributed by atoms with E-state index in [-0.39, 0.29) is 22.3 Å². The fraction of sp³-hybridized carbons (Fsp3) is 0.417. The average Bonchev–Trinajstić information content (AvgIpc) is 2.86. The molecule has 1 aliphatic carbocycles. The normalized spacial score (nSPS) is 28.2. The summed E-state index contributed by atoms with van der Waals surface area (Å²) in [5.74, 6) is -0.385. The molecular weight excluding hydrogens is 269 g/mol. The van der Waals surface area contributed by atoms with E-state index in [2.05, 4.69) is 28.9 Å². The van der Waals surface area contributed by atoms with Gasteiger partial charge in [-0.05, 0) is 30.0 Å². The zero-order valence-electron chi connectivity index (χ0n) is 10.6. The SMILES string of the molecule is CC1(C)CC1N=C1Nc2ccc(F)cc2S(=O)(=O)N1. The molecule has 102 valence electrons. The Balaban J connectivity index is 1.98. The predicted octanol–water partition coefficient (Wildman–Crippen LogP) is 1.68. The molecule has 1 aromatic carbocycles. The van der Waals surface area contributed by atoms with Crippen LogP contribution in [0.1, 0.15) is 20.3 Å². The summed E-state index contributed by atoms with van der Waals surface area (Å²) in [6.07, 6.45) is 0.927. The lowest BCUT2D eigenvalue weighted by atomic mass is 10.2. The number of halogens is 1. The van der Waals surface area contributed by atoms with Crippen molar-refractivity contribution in [3.8, 4) is 0 Å². The van der Waals surface area contributed by atoms with Crippen LogP contribution in [0.4, 0.5) is 10.1 Å². The number of hydrogen-bond donors (Lipinski definition) is 2. The van der Waals surface area contributed by atoms with Gasteiger partial charge >= 0.3 is 0 Å². The van der Waals surface area contributed by atoms with Crippen LogP contribution in [-0.4, -0.2) is 20.4 Å². The van der Waals surface area contributed by atoms with Gasteiger partial charge in [0.15, 0.2) is 0 Å². The average molecular weight is 283 g/mol. The van der Waals surface area contributed by atoms with E-state index in [0.717, 1.165) is 12.5 Å². The zero-order valence-corrected chi connectivity index (χ0v) is 11.4. The number of benzene rings is 1. The molecule has 1 fully saturated rings. The predicted molar refractivity (Wildman–Crippen MR) is 70.0 cm³/mol. The van der Waals surface area contributed by atoms with Crippen LogP contribution in [0.3, 0.4) is 0 Å². The highest BCUT2D eigenvalue weighted by molar-refractivity contribution is 7.90. The molecule has 0 saturated heterocycles. The minimum Gasteiger partial charge on any atom is -0.324 e. The van der Waals surface area contributed by atoms with Crippen LogP contribution in [0.5, 0.6) is 0 Å². The van der Waals surface area contributed by atoms with Crippen LogP contribution in [0.2, 0.25) is 0 Å². The number of guanidine groups is 1. The van der Waals surface area contributed by atoms with Gasteiger partial charge in [-0.15, -0.1) is 0 Å². The Morgan fingerprint density at radius 2 is 2.11 bits per heavy atom. The summed E-state index contributed by atoms with van der Waals surface area (Å²) in [4.78, 5) is 4.24. The topological polar surface area (TPSA) is 70.6 Å². The molecular formula is C12H14FN3O2S. The molecule has 19 heavy (non-hydrogen) atoms. The lowest BCUT2D eigenvalue weighted by Crippen LogP contribution is -2.41. The fourth-order valence-electron chi connectivity index (χ4n) is 2.03. The molecule has 0 bridgehead atoms. The Hall–Kier alpha value is -1.63. The molecule has 1 unspecified atom stereocenters. The van der Waals surface area contributed by atoms with Gasteiger partial charge in [0.2, 0.25) is 5.96 Å². The van der Waals surface area contributed by atoms with Crippen molar-refractivity contribution in [2.24, 2.45) is 10.4 Å². The zero-order chi connectivity index (χ0) is 13.8. The molecule has 1 saturated carbocycles. The van der Waals surface area contributed by atoms with E-state index in [9.17, 15) is 12.8 Å². The Kier molecular flexibility index (Phi) is 2.41. The summed E-state index contributed by atoms with van der Waals surface area (Å²) in [6, 6.07) is 3.71. The minimum absolute atomic E-state index is 0.0958. The van der Waals surface area contributed by atoms with E-state index in [4.69, 9.17) is 0 Å². The smallest absolute Gasteiger partial charge is 0.266 e. The van der Waals surface area contributed by atoms with Crippen LogP contribution in [-0.2, 0) is 10.0 Å². The van der Waals surface area contributed by atoms with Crippen molar-refractivity contribution in [3.05, 3.63) is 24.0 Å². The van der Waals surface area contributed by atoms with Gasteiger partial charge in [-0.25, -0.2) is 22.5 Å². The number of hydrogen-bond acceptors (Lipinski definition) is 3. The molecule has 1 aromatic rings. The first-order valence-corrected chi connectivity index (χ1v) is 7.43. The molecule has 0 spiro atoms. The summed E-state index contributed by atoms with van der Waals surface area (Å²) < 4.78 is 39.4. The van der Waals surface area contributed by atoms with Crippen molar-refractivity contribution in [2.45, 2.75) is 31.2 Å². The summed E-state index contributed by atoms with van der Waals surface area (Å²) in [5.41, 5.74) is 0.459. The summed E-state index contributed by atoms with van der Waals surface area (Å²) in [5, 5.41) is 2.88. The van der Waals surface area contributed by atoms with Crippen molar-refractivity contribution in [1.82, 2.24) is 4.72 Å². The Morgan fingerprint density at radius 1 is 1.42 bits per heavy atom. The van der Waals surface area contributed by atoms with Crippen molar-refractivity contribution in [2.75, 3.05) is 5.32 Å². The van der Waals surface area contributed by atoms with E-state index >= 15 is 0 Å². The van der Waals surface area contributed by atoms with E-state index in [1.54, 1.807) is 0 Å². The van der Waals surface area contributed by atoms with Gasteiger partial charge in [-0.2, -0.15) is 0 Å². The van der Waals surface area contributed by atoms with Crippen molar-refractivity contribution >= 4 is 21.7 Å². The number of nitrogens with zero attached hydrogens (tertiary/aromatic N) is 1. The summed E-state index contributed by atoms with van der Waals surface area (Å²) >= 11 is 0. The van der Waals surface area contributed by atoms with E-state index < -0.39 is 15.8 Å². The highest BCUT2D eigenvalue weighted by atomic mass is 32.2. The van der Waals surface area contributed by atoms with Crippen LogP contribution in [0.15, 0.2) is 28.1 Å². The molecule has 0 radical (unpaired) electrons. The highest BCUT2D eigenvalue weighted by Gasteiger charge is 2.46. The van der Waals surface area contributed by atoms with Crippen molar-refractivity contribution in [3.63, 3.8) is 0 Å². The maximum Gasteiger partial charge on any atom is 0.266 e. The van der Waals surface area contributed by atoms with Crippen molar-refractivity contribution < 1.29 is 12.8 Å². The quantitative estimate of drug-likeness (QED) is 0.824. The molecule has 1 heterocycles. The third-order valence-electron chi connectivity index (χ3n) is 3.46. The first kappa shape index (κ1) is 12.4. The third kappa shape index (κ3) is 2.18. The first-order valence-electron chi connectivity index (χ1n) is 5.95. The number of nitrogens with one attached hydrogen (secondary N) is 2. The van der Waals surface area contributed by atoms with Gasteiger partial charge < -0.3 is 5.32 Å². The van der Waals surface area contributed by atoms with E-state index in [0.29, 0.717) is 5.69 Å². The first-order chi connectivity index (χ1) is 8.78. The summed E-state index contributed by atoms with van der Waals surface area (Å²) in [7, 11) is -3.75. The number of aliphatic imine (C=N–C) groups is 1. The van der Waals surface area contributed by atoms with Gasteiger partial charge in [-0.3, -0.25) is 0 Å². The van der Waals surface area contributed by atoms with Crippen molar-refractivity contribution in [1.29, 1.82) is 0 Å². The maximum atomic E-state index is 13.1. The molecule has 1 atom stereocenters. The lowest BCUT2D eigenvalue weighted by molar-refractivity contribution is 0.586. The number of rotatable bonds is 1. The van der Waals surface area contributed by atoms with Gasteiger partial charge in [0.05, 0.1) is 11.7 Å². The molecule has 2 N–H and O–H groups in total. The number of fused-ring (bicyclic) bond motifs is 1. The van der Waals surface area contributed by atoms with Crippen LogP contribution >= 0.6 is 0 Å². The molecule has 0 amide bonds.